The average molecular weight is 463 g/mol. The van der Waals surface area contributed by atoms with E-state index in [1.165, 1.54) is 12.1 Å². The molecule has 3 aromatic carbocycles. The Morgan fingerprint density at radius 3 is 2.06 bits per heavy atom. The molecular weight excluding hydrogens is 444 g/mol. The molecule has 0 aliphatic rings. The highest BCUT2D eigenvalue weighted by atomic mass is 32.2. The van der Waals surface area contributed by atoms with Crippen LogP contribution < -0.4 is 5.73 Å². The molecule has 0 saturated heterocycles. The van der Waals surface area contributed by atoms with E-state index in [1.54, 1.807) is 36.4 Å². The zero-order chi connectivity index (χ0) is 24.1. The minimum Gasteiger partial charge on any atom is -0.508 e. The van der Waals surface area contributed by atoms with Gasteiger partial charge in [-0.25, -0.2) is 4.98 Å². The minimum absolute atomic E-state index is 0.0361. The molecule has 0 saturated carbocycles. The van der Waals surface area contributed by atoms with E-state index in [4.69, 9.17) is 5.73 Å². The first-order valence-corrected chi connectivity index (χ1v) is 11.2. The average Bonchev–Trinajstić information content (AvgIpc) is 2.88. The summed E-state index contributed by atoms with van der Waals surface area (Å²) in [6.07, 6.45) is 0. The summed E-state index contributed by atoms with van der Waals surface area (Å²) in [7, 11) is 0. The summed E-state index contributed by atoms with van der Waals surface area (Å²) < 4.78 is 0. The molecule has 1 unspecified atom stereocenters. The maximum Gasteiger partial charge on any atom is 0.180 e. The summed E-state index contributed by atoms with van der Waals surface area (Å²) in [5.41, 5.74) is 8.48. The summed E-state index contributed by atoms with van der Waals surface area (Å²) in [5, 5.41) is 29.0. The number of rotatable bonds is 6. The first-order chi connectivity index (χ1) is 16.5. The molecule has 0 radical (unpaired) electrons. The normalized spacial score (nSPS) is 11.2. The highest BCUT2D eigenvalue weighted by molar-refractivity contribution is 8.00. The molecule has 1 atom stereocenters. The van der Waals surface area contributed by atoms with Crippen molar-refractivity contribution < 1.29 is 9.90 Å². The molecule has 0 amide bonds. The number of Topliss-reactive ketones (excluding diaryl/α,β-unsaturated/α-hetero) is 1. The summed E-state index contributed by atoms with van der Waals surface area (Å²) in [4.78, 5) is 17.9. The van der Waals surface area contributed by atoms with Gasteiger partial charge in [-0.3, -0.25) is 4.79 Å². The van der Waals surface area contributed by atoms with Gasteiger partial charge in [-0.05, 0) is 23.3 Å². The monoisotopic (exact) mass is 462 g/mol. The van der Waals surface area contributed by atoms with Crippen molar-refractivity contribution in [2.45, 2.75) is 10.3 Å². The molecule has 4 aromatic rings. The van der Waals surface area contributed by atoms with Crippen LogP contribution in [0.3, 0.4) is 0 Å². The molecule has 164 valence electrons. The van der Waals surface area contributed by atoms with Crippen LogP contribution in [-0.2, 0) is 0 Å². The molecule has 6 nitrogen and oxygen atoms in total. The first kappa shape index (κ1) is 22.6. The fraction of sp³-hybridized carbons (Fsp3) is 0.0370. The van der Waals surface area contributed by atoms with E-state index in [0.717, 1.165) is 17.3 Å². The van der Waals surface area contributed by atoms with Crippen molar-refractivity contribution in [1.82, 2.24) is 4.98 Å². The van der Waals surface area contributed by atoms with Crippen molar-refractivity contribution in [2.75, 3.05) is 5.73 Å². The maximum absolute atomic E-state index is 13.5. The number of nitrogen functional groups attached to an aromatic ring is 1. The van der Waals surface area contributed by atoms with Gasteiger partial charge in [-0.2, -0.15) is 10.5 Å². The zero-order valence-corrected chi connectivity index (χ0v) is 18.7. The van der Waals surface area contributed by atoms with Crippen molar-refractivity contribution in [3.63, 3.8) is 0 Å². The standard InChI is InChI=1S/C27H18N4O2S/c28-15-21-23(17-11-13-20(32)14-12-17)22(16-29)27(31-26(21)30)34-25(19-9-5-2-6-10-19)24(33)18-7-3-1-4-8-18/h1-14,25,32H,(H2,30,31). The van der Waals surface area contributed by atoms with Gasteiger partial charge >= 0.3 is 0 Å². The van der Waals surface area contributed by atoms with E-state index in [1.807, 2.05) is 42.5 Å². The number of ketones is 1. The Bertz CT molecular complexity index is 1420. The number of phenols is 1. The maximum atomic E-state index is 13.5. The van der Waals surface area contributed by atoms with Gasteiger partial charge < -0.3 is 10.8 Å². The molecule has 7 heteroatoms. The highest BCUT2D eigenvalue weighted by Gasteiger charge is 2.28. The zero-order valence-electron chi connectivity index (χ0n) is 17.8. The number of anilines is 1. The second-order valence-electron chi connectivity index (χ2n) is 7.34. The smallest absolute Gasteiger partial charge is 0.180 e. The molecule has 1 aromatic heterocycles. The van der Waals surface area contributed by atoms with Gasteiger partial charge in [0.05, 0.1) is 10.8 Å². The minimum atomic E-state index is -0.691. The van der Waals surface area contributed by atoms with Gasteiger partial charge in [-0.15, -0.1) is 0 Å². The van der Waals surface area contributed by atoms with Crippen molar-refractivity contribution in [3.05, 3.63) is 107 Å². The predicted molar refractivity (Wildman–Crippen MR) is 131 cm³/mol. The summed E-state index contributed by atoms with van der Waals surface area (Å²) in [6, 6.07) is 28.5. The lowest BCUT2D eigenvalue weighted by molar-refractivity contribution is 0.0989. The number of pyridine rings is 1. The Labute approximate surface area is 200 Å². The van der Waals surface area contributed by atoms with Gasteiger partial charge in [0.2, 0.25) is 0 Å². The lowest BCUT2D eigenvalue weighted by Gasteiger charge is -2.18. The molecular formula is C27H18N4O2S. The van der Waals surface area contributed by atoms with Crippen LogP contribution >= 0.6 is 11.8 Å². The van der Waals surface area contributed by atoms with Gasteiger partial charge in [0.15, 0.2) is 5.78 Å². The molecule has 0 aliphatic carbocycles. The van der Waals surface area contributed by atoms with Gasteiger partial charge in [0.1, 0.15) is 34.3 Å². The number of aromatic hydroxyl groups is 1. The Hall–Kier alpha value is -4.59. The van der Waals surface area contributed by atoms with E-state index in [0.29, 0.717) is 16.7 Å². The summed E-state index contributed by atoms with van der Waals surface area (Å²) in [6.45, 7) is 0. The van der Waals surface area contributed by atoms with Crippen LogP contribution in [0.15, 0.2) is 90.0 Å². The fourth-order valence-electron chi connectivity index (χ4n) is 3.57. The Morgan fingerprint density at radius 1 is 0.882 bits per heavy atom. The topological polar surface area (TPSA) is 124 Å². The van der Waals surface area contributed by atoms with Crippen molar-refractivity contribution in [3.8, 4) is 29.0 Å². The number of hydrogen-bond donors (Lipinski definition) is 2. The van der Waals surface area contributed by atoms with Gasteiger partial charge in [0.25, 0.3) is 0 Å². The van der Waals surface area contributed by atoms with Gasteiger partial charge in [0, 0.05) is 11.1 Å². The third-order valence-corrected chi connectivity index (χ3v) is 6.44. The summed E-state index contributed by atoms with van der Waals surface area (Å²) >= 11 is 1.12. The highest BCUT2D eigenvalue weighted by Crippen LogP contribution is 2.42. The van der Waals surface area contributed by atoms with Crippen LogP contribution in [-0.4, -0.2) is 15.9 Å². The van der Waals surface area contributed by atoms with Crippen molar-refractivity contribution in [1.29, 1.82) is 10.5 Å². The number of benzene rings is 3. The number of hydrogen-bond acceptors (Lipinski definition) is 7. The molecule has 3 N–H and O–H groups in total. The third-order valence-electron chi connectivity index (χ3n) is 5.20. The predicted octanol–water partition coefficient (Wildman–Crippen LogP) is 5.50. The van der Waals surface area contributed by atoms with Crippen molar-refractivity contribution >= 4 is 23.4 Å². The SMILES string of the molecule is N#Cc1c(N)nc(SC(C(=O)c2ccccc2)c2ccccc2)c(C#N)c1-c1ccc(O)cc1. The van der Waals surface area contributed by atoms with Crippen LogP contribution in [0.4, 0.5) is 5.82 Å². The van der Waals surface area contributed by atoms with Crippen LogP contribution in [0.25, 0.3) is 11.1 Å². The number of phenolic OH excluding ortho intramolecular Hbond substituents is 1. The number of aromatic nitrogens is 1. The third kappa shape index (κ3) is 4.47. The van der Waals surface area contributed by atoms with E-state index in [2.05, 4.69) is 11.1 Å². The van der Waals surface area contributed by atoms with E-state index < -0.39 is 5.25 Å². The number of carbonyl (C=O) groups excluding carboxylic acids is 1. The van der Waals surface area contributed by atoms with Crippen LogP contribution in [0.1, 0.15) is 32.3 Å². The quantitative estimate of drug-likeness (QED) is 0.286. The number of nitrogens with zero attached hydrogens (tertiary/aromatic N) is 3. The molecule has 1 heterocycles. The summed E-state index contributed by atoms with van der Waals surface area (Å²) in [5.74, 6) is -0.127. The molecule has 0 aliphatic heterocycles. The molecule has 0 fully saturated rings. The number of nitrogens with two attached hydrogens (primary N) is 1. The second kappa shape index (κ2) is 9.91. The van der Waals surface area contributed by atoms with E-state index >= 15 is 0 Å². The lowest BCUT2D eigenvalue weighted by atomic mass is 9.97. The Morgan fingerprint density at radius 2 is 1.47 bits per heavy atom. The number of nitriles is 2. The molecule has 4 rings (SSSR count). The van der Waals surface area contributed by atoms with E-state index in [-0.39, 0.29) is 33.5 Å². The van der Waals surface area contributed by atoms with Crippen LogP contribution in [0.2, 0.25) is 0 Å². The molecule has 0 spiro atoms. The Kier molecular flexibility index (Phi) is 6.59. The lowest BCUT2D eigenvalue weighted by Crippen LogP contribution is -2.11. The fourth-order valence-corrected chi connectivity index (χ4v) is 4.74. The van der Waals surface area contributed by atoms with E-state index in [9.17, 15) is 20.4 Å². The number of thioether (sulfide) groups is 1. The van der Waals surface area contributed by atoms with Crippen molar-refractivity contribution in [2.24, 2.45) is 0 Å². The van der Waals surface area contributed by atoms with Crippen LogP contribution in [0, 0.1) is 22.7 Å². The Balaban J connectivity index is 1.89. The molecule has 34 heavy (non-hydrogen) atoms. The number of carbonyl (C=O) groups is 1. The van der Waals surface area contributed by atoms with Gasteiger partial charge in [-0.1, -0.05) is 84.6 Å². The van der Waals surface area contributed by atoms with Crippen LogP contribution in [0.5, 0.6) is 5.75 Å². The molecule has 0 bridgehead atoms. The second-order valence-corrected chi connectivity index (χ2v) is 8.43. The largest absolute Gasteiger partial charge is 0.508 e. The first-order valence-electron chi connectivity index (χ1n) is 10.3.